The molecule has 11 nitrogen and oxygen atoms in total. The van der Waals surface area contributed by atoms with Crippen LogP contribution in [0.3, 0.4) is 0 Å². The van der Waals surface area contributed by atoms with E-state index in [1.807, 2.05) is 60.8 Å². The molecule has 56 heavy (non-hydrogen) atoms. The first-order chi connectivity index (χ1) is 26.5. The fourth-order valence-corrected chi connectivity index (χ4v) is 9.30. The molecule has 0 N–H and O–H groups in total. The summed E-state index contributed by atoms with van der Waals surface area (Å²) in [5.41, 5.74) is 5.98. The number of aromatic nitrogens is 4. The van der Waals surface area contributed by atoms with Crippen LogP contribution in [0.25, 0.3) is 28.0 Å². The first kappa shape index (κ1) is 42.0. The molecule has 0 saturated carbocycles. The van der Waals surface area contributed by atoms with E-state index >= 15 is 0 Å². The van der Waals surface area contributed by atoms with Gasteiger partial charge in [-0.2, -0.15) is 9.61 Å². The number of benzene rings is 1. The van der Waals surface area contributed by atoms with Gasteiger partial charge in [0.05, 0.1) is 24.2 Å². The van der Waals surface area contributed by atoms with Gasteiger partial charge in [0, 0.05) is 82.9 Å². The SMILES string of the molecule is COCc1c(C2CC3CC[C@H](C2)N3C(=O)OC(C)(C)C)nc2c(-c3ccc(-c4ccccc4)nc3)cnn2c1N(COCC[Si](C)(C)C)COCC[Si](C)(C)C. The quantitative estimate of drug-likeness (QED) is 0.0623. The average Bonchev–Trinajstić information content (AvgIpc) is 3.67. The number of amides is 1. The maximum absolute atomic E-state index is 13.5. The van der Waals surface area contributed by atoms with Gasteiger partial charge >= 0.3 is 6.09 Å². The van der Waals surface area contributed by atoms with Crippen LogP contribution in [0, 0.1) is 0 Å². The molecule has 0 spiro atoms. The third kappa shape index (κ3) is 10.5. The molecular formula is C43H64N6O5Si2. The monoisotopic (exact) mass is 800 g/mol. The van der Waals surface area contributed by atoms with Crippen LogP contribution in [0.4, 0.5) is 10.6 Å². The highest BCUT2D eigenvalue weighted by molar-refractivity contribution is 6.76. The zero-order valence-electron chi connectivity index (χ0n) is 35.4. The number of carbonyl (C=O) groups excluding carboxylic acids is 1. The van der Waals surface area contributed by atoms with Gasteiger partial charge in [-0.1, -0.05) is 75.7 Å². The van der Waals surface area contributed by atoms with E-state index < -0.39 is 21.7 Å². The number of rotatable bonds is 16. The number of piperidine rings is 1. The van der Waals surface area contributed by atoms with Gasteiger partial charge < -0.3 is 28.7 Å². The van der Waals surface area contributed by atoms with Gasteiger partial charge in [0.25, 0.3) is 0 Å². The smallest absolute Gasteiger partial charge is 0.410 e. The maximum Gasteiger partial charge on any atom is 0.410 e. The van der Waals surface area contributed by atoms with E-state index in [0.717, 1.165) is 82.9 Å². The standard InChI is InChI=1S/C43H64N6O5Si2/c1-43(2,3)54-42(50)48-34-17-18-35(48)25-33(24-34)39-37(28-51-4)41(47(29-52-20-22-55(5,6)7)30-53-21-23-56(8,9)10)49-40(46-39)36(27-45-49)32-16-19-38(44-26-32)31-14-12-11-13-15-31/h11-16,19,26-27,33-35H,17-18,20-25,28-30H2,1-10H3/t33?,34-,35?/m1/s1. The van der Waals surface area contributed by atoms with E-state index in [0.29, 0.717) is 33.3 Å². The van der Waals surface area contributed by atoms with E-state index in [2.05, 4.69) is 68.4 Å². The van der Waals surface area contributed by atoms with E-state index in [-0.39, 0.29) is 24.1 Å². The van der Waals surface area contributed by atoms with Crippen molar-refractivity contribution < 1.29 is 23.7 Å². The first-order valence-electron chi connectivity index (χ1n) is 20.3. The molecule has 2 unspecified atom stereocenters. The van der Waals surface area contributed by atoms with Crippen molar-refractivity contribution in [3.8, 4) is 22.4 Å². The van der Waals surface area contributed by atoms with Crippen molar-refractivity contribution in [1.29, 1.82) is 0 Å². The number of fused-ring (bicyclic) bond motifs is 3. The summed E-state index contributed by atoms with van der Waals surface area (Å²) in [5.74, 6) is 0.971. The Hall–Kier alpha value is -3.63. The molecule has 0 aliphatic carbocycles. The predicted octanol–water partition coefficient (Wildman–Crippen LogP) is 9.68. The number of hydrogen-bond donors (Lipinski definition) is 0. The van der Waals surface area contributed by atoms with Crippen molar-refractivity contribution in [2.75, 3.05) is 38.7 Å². The van der Waals surface area contributed by atoms with Crippen molar-refractivity contribution in [3.05, 3.63) is 66.1 Å². The molecule has 13 heteroatoms. The molecule has 0 radical (unpaired) electrons. The lowest BCUT2D eigenvalue weighted by Gasteiger charge is -2.40. The van der Waals surface area contributed by atoms with Crippen LogP contribution in [0.1, 0.15) is 63.6 Å². The Morgan fingerprint density at radius 3 is 2.02 bits per heavy atom. The number of pyridine rings is 1. The minimum Gasteiger partial charge on any atom is -0.444 e. The highest BCUT2D eigenvalue weighted by Gasteiger charge is 2.46. The Morgan fingerprint density at radius 1 is 0.857 bits per heavy atom. The molecule has 2 aliphatic heterocycles. The van der Waals surface area contributed by atoms with Crippen molar-refractivity contribution in [1.82, 2.24) is 24.5 Å². The van der Waals surface area contributed by atoms with Crippen LogP contribution in [0.5, 0.6) is 0 Å². The van der Waals surface area contributed by atoms with Crippen molar-refractivity contribution in [3.63, 3.8) is 0 Å². The second kappa shape index (κ2) is 17.5. The number of anilines is 1. The minimum absolute atomic E-state index is 0.0792. The van der Waals surface area contributed by atoms with Crippen LogP contribution in [0.15, 0.2) is 54.9 Å². The third-order valence-electron chi connectivity index (χ3n) is 10.7. The number of carbonyl (C=O) groups is 1. The van der Waals surface area contributed by atoms with Crippen molar-refractivity contribution in [2.24, 2.45) is 0 Å². The lowest BCUT2D eigenvalue weighted by Crippen LogP contribution is -2.48. The molecule has 1 aromatic carbocycles. The van der Waals surface area contributed by atoms with Gasteiger partial charge in [0.15, 0.2) is 5.65 Å². The molecule has 5 heterocycles. The summed E-state index contributed by atoms with van der Waals surface area (Å²) in [7, 11) is -0.893. The molecule has 2 aliphatic rings. The van der Waals surface area contributed by atoms with E-state index in [9.17, 15) is 4.79 Å². The van der Waals surface area contributed by atoms with Gasteiger partial charge in [0.1, 0.15) is 24.9 Å². The molecule has 4 aromatic rings. The largest absolute Gasteiger partial charge is 0.444 e. The molecule has 2 saturated heterocycles. The molecule has 2 bridgehead atoms. The second-order valence-corrected chi connectivity index (χ2v) is 30.2. The Kier molecular flexibility index (Phi) is 13.1. The van der Waals surface area contributed by atoms with Gasteiger partial charge in [-0.05, 0) is 64.6 Å². The van der Waals surface area contributed by atoms with Crippen molar-refractivity contribution >= 4 is 33.7 Å². The Labute approximate surface area is 336 Å². The third-order valence-corrected chi connectivity index (χ3v) is 14.1. The van der Waals surface area contributed by atoms with Gasteiger partial charge in [0.2, 0.25) is 0 Å². The summed E-state index contributed by atoms with van der Waals surface area (Å²) >= 11 is 0. The summed E-state index contributed by atoms with van der Waals surface area (Å²) in [5, 5.41) is 5.03. The highest BCUT2D eigenvalue weighted by atomic mass is 28.3. The summed E-state index contributed by atoms with van der Waals surface area (Å²) in [6.07, 6.45) is 7.10. The fourth-order valence-electron chi connectivity index (χ4n) is 7.79. The molecule has 3 aromatic heterocycles. The fraction of sp³-hybridized carbons (Fsp3) is 0.581. The Morgan fingerprint density at radius 2 is 1.48 bits per heavy atom. The molecular weight excluding hydrogens is 737 g/mol. The second-order valence-electron chi connectivity index (χ2n) is 19.0. The zero-order chi connectivity index (χ0) is 40.3. The number of hydrogen-bond acceptors (Lipinski definition) is 9. The summed E-state index contributed by atoms with van der Waals surface area (Å²) in [4.78, 5) is 28.1. The Bertz CT molecular complexity index is 1880. The van der Waals surface area contributed by atoms with E-state index in [1.165, 1.54) is 0 Å². The van der Waals surface area contributed by atoms with Crippen molar-refractivity contribution in [2.45, 2.75) is 128 Å². The predicted molar refractivity (Wildman–Crippen MR) is 230 cm³/mol. The van der Waals surface area contributed by atoms with E-state index in [1.54, 1.807) is 7.11 Å². The molecule has 3 atom stereocenters. The zero-order valence-corrected chi connectivity index (χ0v) is 37.4. The Balaban J connectivity index is 1.44. The number of ether oxygens (including phenoxy) is 4. The van der Waals surface area contributed by atoms with Gasteiger partial charge in [-0.15, -0.1) is 0 Å². The first-order valence-corrected chi connectivity index (χ1v) is 27.8. The number of nitrogens with zero attached hydrogens (tertiary/aromatic N) is 6. The van der Waals surface area contributed by atoms with Gasteiger partial charge in [-0.3, -0.25) is 4.98 Å². The van der Waals surface area contributed by atoms with Crippen LogP contribution in [0.2, 0.25) is 51.4 Å². The topological polar surface area (TPSA) is 104 Å². The van der Waals surface area contributed by atoms with Crippen LogP contribution >= 0.6 is 0 Å². The lowest BCUT2D eigenvalue weighted by molar-refractivity contribution is 0.00560. The average molecular weight is 801 g/mol. The highest BCUT2D eigenvalue weighted by Crippen LogP contribution is 2.46. The summed E-state index contributed by atoms with van der Waals surface area (Å²) < 4.78 is 26.8. The van der Waals surface area contributed by atoms with E-state index in [4.69, 9.17) is 34.0 Å². The molecule has 2 fully saturated rings. The van der Waals surface area contributed by atoms with Gasteiger partial charge in [-0.25, -0.2) is 9.78 Å². The normalized spacial score (nSPS) is 18.8. The molecule has 1 amide bonds. The summed E-state index contributed by atoms with van der Waals surface area (Å²) in [6.45, 7) is 22.4. The van der Waals surface area contributed by atoms with Crippen LogP contribution < -0.4 is 4.90 Å². The number of methoxy groups -OCH3 is 1. The molecule has 304 valence electrons. The van der Waals surface area contributed by atoms with Crippen LogP contribution in [-0.2, 0) is 25.6 Å². The summed E-state index contributed by atoms with van der Waals surface area (Å²) in [6, 6.07) is 16.7. The minimum atomic E-state index is -1.31. The van der Waals surface area contributed by atoms with Crippen LogP contribution in [-0.4, -0.2) is 98.2 Å². The lowest BCUT2D eigenvalue weighted by atomic mass is 9.86. The molecule has 6 rings (SSSR count). The maximum atomic E-state index is 13.5.